The third kappa shape index (κ3) is 6.05. The van der Waals surface area contributed by atoms with E-state index in [0.29, 0.717) is 17.9 Å². The van der Waals surface area contributed by atoms with Crippen molar-refractivity contribution in [3.8, 4) is 11.8 Å². The third-order valence-electron chi connectivity index (χ3n) is 3.05. The Labute approximate surface area is 140 Å². The van der Waals surface area contributed by atoms with Gasteiger partial charge < -0.3 is 10.1 Å². The topological polar surface area (TPSA) is 62.1 Å². The second-order valence-corrected chi connectivity index (χ2v) is 6.11. The summed E-state index contributed by atoms with van der Waals surface area (Å²) in [4.78, 5) is 12.9. The highest BCUT2D eigenvalue weighted by molar-refractivity contribution is 7.99. The minimum atomic E-state index is -0.170. The molecule has 0 unspecified atom stereocenters. The maximum Gasteiger partial charge on any atom is 0.257 e. The summed E-state index contributed by atoms with van der Waals surface area (Å²) in [5.74, 6) is 1.16. The first-order valence-corrected chi connectivity index (χ1v) is 8.25. The molecule has 1 N–H and O–H groups in total. The van der Waals surface area contributed by atoms with Crippen molar-refractivity contribution in [2.24, 2.45) is 0 Å². The monoisotopic (exact) mass is 326 g/mol. The number of nitrogens with one attached hydrogen (secondary N) is 1. The van der Waals surface area contributed by atoms with E-state index in [1.54, 1.807) is 36.0 Å². The lowest BCUT2D eigenvalue weighted by atomic mass is 10.2. The van der Waals surface area contributed by atoms with Crippen molar-refractivity contribution >= 4 is 17.7 Å². The van der Waals surface area contributed by atoms with Crippen LogP contribution in [0.1, 0.15) is 11.1 Å². The van der Waals surface area contributed by atoms with E-state index in [1.807, 2.05) is 6.07 Å². The zero-order valence-electron chi connectivity index (χ0n) is 12.9. The molecule has 0 bridgehead atoms. The van der Waals surface area contributed by atoms with Crippen molar-refractivity contribution in [1.82, 2.24) is 5.32 Å². The van der Waals surface area contributed by atoms with Crippen molar-refractivity contribution in [1.29, 1.82) is 5.26 Å². The molecule has 0 heterocycles. The fourth-order valence-electron chi connectivity index (χ4n) is 1.85. The van der Waals surface area contributed by atoms with Crippen molar-refractivity contribution in [3.05, 3.63) is 59.7 Å². The Bertz CT molecular complexity index is 693. The molecule has 23 heavy (non-hydrogen) atoms. The lowest BCUT2D eigenvalue weighted by molar-refractivity contribution is -0.122. The van der Waals surface area contributed by atoms with Gasteiger partial charge in [-0.2, -0.15) is 5.26 Å². The molecule has 0 saturated carbocycles. The molecule has 0 aliphatic rings. The number of aryl methyl sites for hydroxylation is 1. The maximum absolute atomic E-state index is 11.7. The quantitative estimate of drug-likeness (QED) is 0.627. The molecule has 0 fully saturated rings. The molecule has 0 saturated heterocycles. The predicted octanol–water partition coefficient (Wildman–Crippen LogP) is 3.15. The van der Waals surface area contributed by atoms with E-state index >= 15 is 0 Å². The van der Waals surface area contributed by atoms with Crippen molar-refractivity contribution in [3.63, 3.8) is 0 Å². The van der Waals surface area contributed by atoms with Gasteiger partial charge in [0.25, 0.3) is 5.91 Å². The van der Waals surface area contributed by atoms with E-state index in [-0.39, 0.29) is 12.5 Å². The average Bonchev–Trinajstić information content (AvgIpc) is 2.58. The lowest BCUT2D eigenvalue weighted by Gasteiger charge is -2.07. The summed E-state index contributed by atoms with van der Waals surface area (Å²) in [6.45, 7) is 2.59. The van der Waals surface area contributed by atoms with E-state index in [2.05, 4.69) is 36.5 Å². The molecule has 1 amide bonds. The Morgan fingerprint density at radius 2 is 2.04 bits per heavy atom. The van der Waals surface area contributed by atoms with Gasteiger partial charge in [-0.25, -0.2) is 0 Å². The van der Waals surface area contributed by atoms with Gasteiger partial charge in [-0.1, -0.05) is 23.8 Å². The van der Waals surface area contributed by atoms with Crippen LogP contribution in [0.15, 0.2) is 53.4 Å². The number of nitrogens with zero attached hydrogens (tertiary/aromatic N) is 1. The standard InChI is InChI=1S/C18H18N2O2S/c1-14-5-7-17(8-6-14)23-10-9-20-18(21)13-22-16-4-2-3-15(11-16)12-19/h2-8,11H,9-10,13H2,1H3,(H,20,21). The van der Waals surface area contributed by atoms with Gasteiger partial charge >= 0.3 is 0 Å². The minimum Gasteiger partial charge on any atom is -0.484 e. The number of amides is 1. The average molecular weight is 326 g/mol. The lowest BCUT2D eigenvalue weighted by Crippen LogP contribution is -2.30. The first-order chi connectivity index (χ1) is 11.2. The number of nitriles is 1. The molecule has 0 atom stereocenters. The van der Waals surface area contributed by atoms with Crippen molar-refractivity contribution in [2.75, 3.05) is 18.9 Å². The van der Waals surface area contributed by atoms with Gasteiger partial charge in [-0.15, -0.1) is 11.8 Å². The molecule has 2 aromatic rings. The fourth-order valence-corrected chi connectivity index (χ4v) is 2.62. The zero-order chi connectivity index (χ0) is 16.5. The van der Waals surface area contributed by atoms with Crippen LogP contribution in [0.2, 0.25) is 0 Å². The Morgan fingerprint density at radius 1 is 1.26 bits per heavy atom. The second kappa shape index (κ2) is 8.86. The predicted molar refractivity (Wildman–Crippen MR) is 91.6 cm³/mol. The van der Waals surface area contributed by atoms with Gasteiger partial charge in [-0.05, 0) is 37.3 Å². The van der Waals surface area contributed by atoms with Gasteiger partial charge in [0, 0.05) is 17.2 Å². The largest absolute Gasteiger partial charge is 0.484 e. The van der Waals surface area contributed by atoms with E-state index in [9.17, 15) is 4.79 Å². The molecule has 0 radical (unpaired) electrons. The highest BCUT2D eigenvalue weighted by atomic mass is 32.2. The Balaban J connectivity index is 1.65. The summed E-state index contributed by atoms with van der Waals surface area (Å²) in [5.41, 5.74) is 1.75. The van der Waals surface area contributed by atoms with Gasteiger partial charge in [0.05, 0.1) is 11.6 Å². The maximum atomic E-state index is 11.7. The van der Waals surface area contributed by atoms with Crippen LogP contribution in [0.5, 0.6) is 5.75 Å². The van der Waals surface area contributed by atoms with Gasteiger partial charge in [0.2, 0.25) is 0 Å². The molecule has 0 aliphatic carbocycles. The summed E-state index contributed by atoms with van der Waals surface area (Å²) in [5, 5.41) is 11.6. The van der Waals surface area contributed by atoms with Crippen LogP contribution in [0.4, 0.5) is 0 Å². The smallest absolute Gasteiger partial charge is 0.257 e. The molecule has 0 aliphatic heterocycles. The molecule has 4 nitrogen and oxygen atoms in total. The second-order valence-electron chi connectivity index (χ2n) is 4.94. The molecule has 5 heteroatoms. The number of ether oxygens (including phenoxy) is 1. The first kappa shape index (κ1) is 16.9. The van der Waals surface area contributed by atoms with E-state index in [1.165, 1.54) is 10.5 Å². The third-order valence-corrected chi connectivity index (χ3v) is 4.06. The van der Waals surface area contributed by atoms with Crippen LogP contribution in [-0.4, -0.2) is 24.8 Å². The number of thioether (sulfide) groups is 1. The number of rotatable bonds is 7. The summed E-state index contributed by atoms with van der Waals surface area (Å²) in [6, 6.07) is 17.1. The SMILES string of the molecule is Cc1ccc(SCCNC(=O)COc2cccc(C#N)c2)cc1. The number of carbonyl (C=O) groups excluding carboxylic acids is 1. The Kier molecular flexibility index (Phi) is 6.52. The van der Waals surface area contributed by atoms with Gasteiger partial charge in [0.1, 0.15) is 5.75 Å². The normalized spacial score (nSPS) is 9.91. The highest BCUT2D eigenvalue weighted by Gasteiger charge is 2.03. The van der Waals surface area contributed by atoms with E-state index in [0.717, 1.165) is 5.75 Å². The molecule has 2 rings (SSSR count). The number of carbonyl (C=O) groups is 1. The molecule has 0 aromatic heterocycles. The zero-order valence-corrected chi connectivity index (χ0v) is 13.7. The summed E-state index contributed by atoms with van der Waals surface area (Å²) in [7, 11) is 0. The summed E-state index contributed by atoms with van der Waals surface area (Å²) in [6.07, 6.45) is 0. The van der Waals surface area contributed by atoms with Crippen molar-refractivity contribution < 1.29 is 9.53 Å². The summed E-state index contributed by atoms with van der Waals surface area (Å²) < 4.78 is 5.37. The van der Waals surface area contributed by atoms with Crippen LogP contribution in [0.25, 0.3) is 0 Å². The molecule has 118 valence electrons. The van der Waals surface area contributed by atoms with E-state index < -0.39 is 0 Å². The van der Waals surface area contributed by atoms with Crippen LogP contribution in [0.3, 0.4) is 0 Å². The Morgan fingerprint density at radius 3 is 2.78 bits per heavy atom. The first-order valence-electron chi connectivity index (χ1n) is 7.26. The minimum absolute atomic E-state index is 0.0515. The number of benzene rings is 2. The molecule has 2 aromatic carbocycles. The van der Waals surface area contributed by atoms with Crippen LogP contribution < -0.4 is 10.1 Å². The van der Waals surface area contributed by atoms with Crippen LogP contribution >= 0.6 is 11.8 Å². The van der Waals surface area contributed by atoms with Gasteiger partial charge in [-0.3, -0.25) is 4.79 Å². The molecular formula is C18H18N2O2S. The van der Waals surface area contributed by atoms with Crippen molar-refractivity contribution in [2.45, 2.75) is 11.8 Å². The van der Waals surface area contributed by atoms with E-state index in [4.69, 9.17) is 10.00 Å². The number of hydrogen-bond donors (Lipinski definition) is 1. The van der Waals surface area contributed by atoms with Crippen LogP contribution in [0, 0.1) is 18.3 Å². The highest BCUT2D eigenvalue weighted by Crippen LogP contribution is 2.17. The molecular weight excluding hydrogens is 308 g/mol. The molecule has 0 spiro atoms. The summed E-state index contributed by atoms with van der Waals surface area (Å²) >= 11 is 1.70. The number of hydrogen-bond acceptors (Lipinski definition) is 4. The fraction of sp³-hybridized carbons (Fsp3) is 0.222. The Hall–Kier alpha value is -2.45. The van der Waals surface area contributed by atoms with Gasteiger partial charge in [0.15, 0.2) is 6.61 Å². The van der Waals surface area contributed by atoms with Crippen LogP contribution in [-0.2, 0) is 4.79 Å².